The van der Waals surface area contributed by atoms with Crippen LogP contribution in [0.15, 0.2) is 30.6 Å². The molecule has 2 aliphatic rings. The molecule has 0 spiro atoms. The molecule has 0 radical (unpaired) electrons. The molecule has 0 N–H and O–H groups in total. The van der Waals surface area contributed by atoms with Gasteiger partial charge in [0.25, 0.3) is 0 Å². The number of aromatic nitrogens is 4. The molecule has 128 valence electrons. The second kappa shape index (κ2) is 5.97. The van der Waals surface area contributed by atoms with Gasteiger partial charge in [-0.2, -0.15) is 0 Å². The average Bonchev–Trinajstić information content (AvgIpc) is 3.41. The minimum atomic E-state index is 0.460. The fourth-order valence-corrected chi connectivity index (χ4v) is 3.47. The molecule has 2 aromatic heterocycles. The molecule has 0 bridgehead atoms. The standard InChI is InChI=1S/C18H18ClN5O/c19-17-10-15(21-18(22-17)23-5-7-25-8-6-23)12-1-4-14-16(9-12)24(11-20-14)13-2-3-13/h1,4,9-11,13H,2-3,5-8H2. The molecule has 3 aromatic rings. The van der Waals surface area contributed by atoms with Crippen molar-refractivity contribution in [3.8, 4) is 11.3 Å². The quantitative estimate of drug-likeness (QED) is 0.674. The van der Waals surface area contributed by atoms with Crippen molar-refractivity contribution >= 4 is 28.6 Å². The first-order valence-corrected chi connectivity index (χ1v) is 9.00. The molecular weight excluding hydrogens is 338 g/mol. The Morgan fingerprint density at radius 2 is 1.92 bits per heavy atom. The Morgan fingerprint density at radius 1 is 1.08 bits per heavy atom. The fourth-order valence-electron chi connectivity index (χ4n) is 3.29. The highest BCUT2D eigenvalue weighted by atomic mass is 35.5. The van der Waals surface area contributed by atoms with E-state index in [4.69, 9.17) is 21.3 Å². The second-order valence-corrected chi connectivity index (χ2v) is 6.95. The molecule has 5 rings (SSSR count). The van der Waals surface area contributed by atoms with Crippen molar-refractivity contribution in [3.63, 3.8) is 0 Å². The zero-order chi connectivity index (χ0) is 16.8. The van der Waals surface area contributed by atoms with E-state index in [1.165, 1.54) is 12.8 Å². The normalized spacial score (nSPS) is 18.0. The third kappa shape index (κ3) is 2.85. The lowest BCUT2D eigenvalue weighted by Gasteiger charge is -2.27. The van der Waals surface area contributed by atoms with Gasteiger partial charge >= 0.3 is 0 Å². The highest BCUT2D eigenvalue weighted by molar-refractivity contribution is 6.29. The van der Waals surface area contributed by atoms with Crippen molar-refractivity contribution in [1.29, 1.82) is 0 Å². The Labute approximate surface area is 150 Å². The van der Waals surface area contributed by atoms with E-state index in [0.717, 1.165) is 35.4 Å². The van der Waals surface area contributed by atoms with Gasteiger partial charge < -0.3 is 14.2 Å². The van der Waals surface area contributed by atoms with Gasteiger partial charge in [-0.3, -0.25) is 0 Å². The molecule has 0 unspecified atom stereocenters. The van der Waals surface area contributed by atoms with Gasteiger partial charge in [-0.15, -0.1) is 0 Å². The third-order valence-corrected chi connectivity index (χ3v) is 4.98. The predicted molar refractivity (Wildman–Crippen MR) is 97.1 cm³/mol. The number of nitrogens with zero attached hydrogens (tertiary/aromatic N) is 5. The van der Waals surface area contributed by atoms with Crippen LogP contribution in [0.1, 0.15) is 18.9 Å². The van der Waals surface area contributed by atoms with Gasteiger partial charge in [0.2, 0.25) is 5.95 Å². The van der Waals surface area contributed by atoms with Crippen LogP contribution < -0.4 is 4.90 Å². The van der Waals surface area contributed by atoms with Crippen LogP contribution in [-0.2, 0) is 4.74 Å². The summed E-state index contributed by atoms with van der Waals surface area (Å²) in [5.74, 6) is 0.668. The maximum atomic E-state index is 6.28. The maximum Gasteiger partial charge on any atom is 0.227 e. The molecule has 1 aliphatic heterocycles. The summed E-state index contributed by atoms with van der Waals surface area (Å²) in [5, 5.41) is 0.460. The van der Waals surface area contributed by atoms with Crippen LogP contribution in [0.5, 0.6) is 0 Å². The van der Waals surface area contributed by atoms with E-state index in [-0.39, 0.29) is 0 Å². The predicted octanol–water partition coefficient (Wildman–Crippen LogP) is 3.32. The smallest absolute Gasteiger partial charge is 0.227 e. The maximum absolute atomic E-state index is 6.28. The van der Waals surface area contributed by atoms with E-state index in [9.17, 15) is 0 Å². The summed E-state index contributed by atoms with van der Waals surface area (Å²) in [5.41, 5.74) is 4.05. The topological polar surface area (TPSA) is 56.1 Å². The molecule has 1 saturated carbocycles. The number of ether oxygens (including phenoxy) is 1. The highest BCUT2D eigenvalue weighted by Crippen LogP contribution is 2.38. The minimum absolute atomic E-state index is 0.460. The molecule has 3 heterocycles. The number of hydrogen-bond acceptors (Lipinski definition) is 5. The van der Waals surface area contributed by atoms with Crippen molar-refractivity contribution in [2.24, 2.45) is 0 Å². The molecule has 0 atom stereocenters. The van der Waals surface area contributed by atoms with Gasteiger partial charge in [0.15, 0.2) is 0 Å². The van der Waals surface area contributed by atoms with Crippen LogP contribution in [0.2, 0.25) is 5.15 Å². The summed E-state index contributed by atoms with van der Waals surface area (Å²) in [6.45, 7) is 2.95. The number of hydrogen-bond donors (Lipinski definition) is 0. The third-order valence-electron chi connectivity index (χ3n) is 4.79. The molecule has 1 saturated heterocycles. The number of halogens is 1. The molecule has 0 amide bonds. The Hall–Kier alpha value is -2.18. The van der Waals surface area contributed by atoms with Crippen LogP contribution in [-0.4, -0.2) is 45.8 Å². The molecule has 7 heteroatoms. The molecule has 6 nitrogen and oxygen atoms in total. The van der Waals surface area contributed by atoms with Crippen LogP contribution in [0.3, 0.4) is 0 Å². The van der Waals surface area contributed by atoms with Crippen LogP contribution in [0.4, 0.5) is 5.95 Å². The summed E-state index contributed by atoms with van der Waals surface area (Å²) < 4.78 is 7.68. The van der Waals surface area contributed by atoms with Crippen molar-refractivity contribution in [2.45, 2.75) is 18.9 Å². The summed E-state index contributed by atoms with van der Waals surface area (Å²) in [6.07, 6.45) is 4.41. The first-order chi connectivity index (χ1) is 12.3. The van der Waals surface area contributed by atoms with E-state index in [0.29, 0.717) is 30.4 Å². The number of rotatable bonds is 3. The lowest BCUT2D eigenvalue weighted by Crippen LogP contribution is -2.37. The largest absolute Gasteiger partial charge is 0.378 e. The SMILES string of the molecule is Clc1cc(-c2ccc3ncn(C4CC4)c3c2)nc(N2CCOCC2)n1. The van der Waals surface area contributed by atoms with Gasteiger partial charge in [0, 0.05) is 30.8 Å². The van der Waals surface area contributed by atoms with Gasteiger partial charge in [0.05, 0.1) is 36.3 Å². The summed E-state index contributed by atoms with van der Waals surface area (Å²) in [7, 11) is 0. The highest BCUT2D eigenvalue weighted by Gasteiger charge is 2.25. The first kappa shape index (κ1) is 15.1. The van der Waals surface area contributed by atoms with E-state index in [1.54, 1.807) is 0 Å². The zero-order valence-corrected chi connectivity index (χ0v) is 14.5. The summed E-state index contributed by atoms with van der Waals surface area (Å²) in [6, 6.07) is 8.67. The van der Waals surface area contributed by atoms with Crippen LogP contribution in [0.25, 0.3) is 22.3 Å². The van der Waals surface area contributed by atoms with E-state index < -0.39 is 0 Å². The van der Waals surface area contributed by atoms with E-state index >= 15 is 0 Å². The number of anilines is 1. The number of imidazole rings is 1. The van der Waals surface area contributed by atoms with Gasteiger partial charge in [-0.25, -0.2) is 15.0 Å². The average molecular weight is 356 g/mol. The monoisotopic (exact) mass is 355 g/mol. The zero-order valence-electron chi connectivity index (χ0n) is 13.7. The van der Waals surface area contributed by atoms with Crippen molar-refractivity contribution < 1.29 is 4.74 Å². The Bertz CT molecular complexity index is 930. The van der Waals surface area contributed by atoms with Gasteiger partial charge in [-0.05, 0) is 25.0 Å². The number of morpholine rings is 1. The Balaban J connectivity index is 1.56. The fraction of sp³-hybridized carbons (Fsp3) is 0.389. The molecule has 1 aliphatic carbocycles. The lowest BCUT2D eigenvalue weighted by molar-refractivity contribution is 0.122. The lowest BCUT2D eigenvalue weighted by atomic mass is 10.1. The summed E-state index contributed by atoms with van der Waals surface area (Å²) >= 11 is 6.28. The molecule has 25 heavy (non-hydrogen) atoms. The molecular formula is C18H18ClN5O. The van der Waals surface area contributed by atoms with Gasteiger partial charge in [-0.1, -0.05) is 17.7 Å². The Morgan fingerprint density at radius 3 is 2.72 bits per heavy atom. The summed E-state index contributed by atoms with van der Waals surface area (Å²) in [4.78, 5) is 15.8. The second-order valence-electron chi connectivity index (χ2n) is 6.56. The number of benzene rings is 1. The van der Waals surface area contributed by atoms with E-state index in [2.05, 4.69) is 25.5 Å². The first-order valence-electron chi connectivity index (χ1n) is 8.62. The molecule has 1 aromatic carbocycles. The van der Waals surface area contributed by atoms with Crippen molar-refractivity contribution in [2.75, 3.05) is 31.2 Å². The van der Waals surface area contributed by atoms with Gasteiger partial charge in [0.1, 0.15) is 5.15 Å². The van der Waals surface area contributed by atoms with E-state index in [1.807, 2.05) is 24.5 Å². The minimum Gasteiger partial charge on any atom is -0.378 e. The van der Waals surface area contributed by atoms with Crippen LogP contribution in [0, 0.1) is 0 Å². The van der Waals surface area contributed by atoms with Crippen LogP contribution >= 0.6 is 11.6 Å². The number of fused-ring (bicyclic) bond motifs is 1. The van der Waals surface area contributed by atoms with Crippen molar-refractivity contribution in [3.05, 3.63) is 35.7 Å². The Kier molecular flexibility index (Phi) is 3.60. The van der Waals surface area contributed by atoms with Crippen molar-refractivity contribution in [1.82, 2.24) is 19.5 Å². The molecule has 2 fully saturated rings.